The van der Waals surface area contributed by atoms with Crippen LogP contribution < -0.4 is 14.2 Å². The molecule has 1 aromatic heterocycles. The molecule has 1 unspecified atom stereocenters. The summed E-state index contributed by atoms with van der Waals surface area (Å²) < 4.78 is 15.8. The Morgan fingerprint density at radius 1 is 0.912 bits per heavy atom. The summed E-state index contributed by atoms with van der Waals surface area (Å²) >= 11 is 0. The van der Waals surface area contributed by atoms with Gasteiger partial charge in [-0.3, -0.25) is 14.6 Å². The Morgan fingerprint density at radius 3 is 2.18 bits per heavy atom. The molecule has 0 radical (unpaired) electrons. The van der Waals surface area contributed by atoms with E-state index < -0.39 is 17.7 Å². The van der Waals surface area contributed by atoms with Crippen molar-refractivity contribution in [1.82, 2.24) is 9.88 Å². The van der Waals surface area contributed by atoms with E-state index in [1.807, 2.05) is 12.1 Å². The van der Waals surface area contributed by atoms with Crippen molar-refractivity contribution in [3.05, 3.63) is 89.3 Å². The van der Waals surface area contributed by atoms with Gasteiger partial charge in [0.1, 0.15) is 23.0 Å². The van der Waals surface area contributed by atoms with Gasteiger partial charge in [0.15, 0.2) is 0 Å². The smallest absolute Gasteiger partial charge is 0.295 e. The Hall–Kier alpha value is -4.33. The molecule has 3 aromatic rings. The summed E-state index contributed by atoms with van der Waals surface area (Å²) in [5.41, 5.74) is 1.72. The van der Waals surface area contributed by atoms with Gasteiger partial charge >= 0.3 is 0 Å². The van der Waals surface area contributed by atoms with E-state index in [-0.39, 0.29) is 23.4 Å². The zero-order valence-electron chi connectivity index (χ0n) is 19.0. The Bertz CT molecular complexity index is 1240. The minimum Gasteiger partial charge on any atom is -0.507 e. The monoisotopic (exact) mass is 460 g/mol. The molecule has 4 rings (SSSR count). The molecule has 1 amide bonds. The van der Waals surface area contributed by atoms with E-state index in [4.69, 9.17) is 14.2 Å². The first-order valence-electron chi connectivity index (χ1n) is 10.5. The maximum Gasteiger partial charge on any atom is 0.295 e. The van der Waals surface area contributed by atoms with Crippen LogP contribution in [-0.2, 0) is 16.1 Å². The summed E-state index contributed by atoms with van der Waals surface area (Å²) in [6.07, 6.45) is 3.16. The number of likely N-dealkylation sites (tertiary alicyclic amines) is 1. The molecule has 174 valence electrons. The van der Waals surface area contributed by atoms with Crippen molar-refractivity contribution in [2.24, 2.45) is 0 Å². The molecule has 1 aliphatic heterocycles. The fraction of sp³-hybridized carbons (Fsp3) is 0.192. The fourth-order valence-corrected chi connectivity index (χ4v) is 4.00. The molecule has 0 spiro atoms. The van der Waals surface area contributed by atoms with Crippen LogP contribution in [0.1, 0.15) is 22.7 Å². The Kier molecular flexibility index (Phi) is 6.49. The molecule has 0 aliphatic carbocycles. The molecule has 1 saturated heterocycles. The average molecular weight is 460 g/mol. The molecular formula is C26H24N2O6. The zero-order valence-corrected chi connectivity index (χ0v) is 19.0. The van der Waals surface area contributed by atoms with Crippen molar-refractivity contribution in [3.8, 4) is 17.2 Å². The van der Waals surface area contributed by atoms with Crippen LogP contribution in [0, 0.1) is 0 Å². The lowest BCUT2D eigenvalue weighted by Gasteiger charge is -2.25. The van der Waals surface area contributed by atoms with Crippen molar-refractivity contribution in [1.29, 1.82) is 0 Å². The minimum atomic E-state index is -0.808. The van der Waals surface area contributed by atoms with Crippen molar-refractivity contribution in [2.45, 2.75) is 12.6 Å². The predicted octanol–water partition coefficient (Wildman–Crippen LogP) is 3.73. The van der Waals surface area contributed by atoms with Gasteiger partial charge in [0.05, 0.1) is 38.5 Å². The molecule has 0 saturated carbocycles. The highest BCUT2D eigenvalue weighted by molar-refractivity contribution is 6.46. The van der Waals surface area contributed by atoms with E-state index in [0.29, 0.717) is 22.8 Å². The van der Waals surface area contributed by atoms with Crippen LogP contribution in [0.4, 0.5) is 0 Å². The number of ketones is 1. The standard InChI is InChI=1S/C26H24N2O6/c1-32-18-6-4-16(5-7-18)15-28-23(17-10-12-27-13-11-17)22(25(30)26(28)31)24(29)20-9-8-19(33-2)14-21(20)34-3/h4-14,23,29H,15H2,1-3H3/b24-22-. The van der Waals surface area contributed by atoms with Crippen LogP contribution in [0.15, 0.2) is 72.6 Å². The van der Waals surface area contributed by atoms with Gasteiger partial charge in [-0.1, -0.05) is 12.1 Å². The first-order chi connectivity index (χ1) is 16.5. The number of ether oxygens (including phenoxy) is 3. The number of Topliss-reactive ketones (excluding diaryl/α,β-unsaturated/α-hetero) is 1. The van der Waals surface area contributed by atoms with Crippen LogP contribution in [0.2, 0.25) is 0 Å². The lowest BCUT2D eigenvalue weighted by atomic mass is 9.95. The molecule has 0 bridgehead atoms. The lowest BCUT2D eigenvalue weighted by Crippen LogP contribution is -2.29. The first kappa shape index (κ1) is 22.8. The highest BCUT2D eigenvalue weighted by Gasteiger charge is 2.46. The number of aliphatic hydroxyl groups is 1. The van der Waals surface area contributed by atoms with Crippen molar-refractivity contribution in [3.63, 3.8) is 0 Å². The second kappa shape index (κ2) is 9.66. The Labute approximate surface area is 197 Å². The topological polar surface area (TPSA) is 98.2 Å². The van der Waals surface area contributed by atoms with E-state index in [2.05, 4.69) is 4.98 Å². The third kappa shape index (κ3) is 4.17. The largest absolute Gasteiger partial charge is 0.507 e. The Morgan fingerprint density at radius 2 is 1.56 bits per heavy atom. The van der Waals surface area contributed by atoms with Crippen LogP contribution in [-0.4, -0.2) is 48.0 Å². The number of carbonyl (C=O) groups is 2. The van der Waals surface area contributed by atoms with Crippen molar-refractivity contribution in [2.75, 3.05) is 21.3 Å². The highest BCUT2D eigenvalue weighted by atomic mass is 16.5. The molecule has 1 aliphatic rings. The van der Waals surface area contributed by atoms with Gasteiger partial charge in [-0.25, -0.2) is 0 Å². The van der Waals surface area contributed by atoms with Crippen LogP contribution in [0.3, 0.4) is 0 Å². The Balaban J connectivity index is 1.84. The van der Waals surface area contributed by atoms with E-state index in [1.54, 1.807) is 62.0 Å². The highest BCUT2D eigenvalue weighted by Crippen LogP contribution is 2.42. The maximum absolute atomic E-state index is 13.2. The molecule has 1 atom stereocenters. The van der Waals surface area contributed by atoms with E-state index in [9.17, 15) is 14.7 Å². The SMILES string of the molecule is COc1ccc(CN2C(=O)C(=O)/C(=C(\O)c3ccc(OC)cc3OC)C2c2ccncc2)cc1. The number of carbonyl (C=O) groups excluding carboxylic acids is 2. The van der Waals surface area contributed by atoms with E-state index >= 15 is 0 Å². The number of hydrogen-bond donors (Lipinski definition) is 1. The second-order valence-corrected chi connectivity index (χ2v) is 7.62. The number of methoxy groups -OCH3 is 3. The van der Waals surface area contributed by atoms with Gasteiger partial charge in [0.25, 0.3) is 11.7 Å². The lowest BCUT2D eigenvalue weighted by molar-refractivity contribution is -0.140. The summed E-state index contributed by atoms with van der Waals surface area (Å²) in [4.78, 5) is 31.9. The van der Waals surface area contributed by atoms with Gasteiger partial charge in [-0.05, 0) is 47.5 Å². The molecule has 34 heavy (non-hydrogen) atoms. The minimum absolute atomic E-state index is 0.0202. The number of aliphatic hydroxyl groups excluding tert-OH is 1. The van der Waals surface area contributed by atoms with Gasteiger partial charge in [0, 0.05) is 25.0 Å². The van der Waals surface area contributed by atoms with Crippen molar-refractivity contribution < 1.29 is 28.9 Å². The molecule has 1 N–H and O–H groups in total. The summed E-state index contributed by atoms with van der Waals surface area (Å²) in [5, 5.41) is 11.3. The summed E-state index contributed by atoms with van der Waals surface area (Å²) in [6.45, 7) is 0.165. The number of amides is 1. The van der Waals surface area contributed by atoms with Gasteiger partial charge in [-0.2, -0.15) is 0 Å². The van der Waals surface area contributed by atoms with Crippen LogP contribution in [0.5, 0.6) is 17.2 Å². The molecule has 2 aromatic carbocycles. The molecule has 8 nitrogen and oxygen atoms in total. The fourth-order valence-electron chi connectivity index (χ4n) is 4.00. The van der Waals surface area contributed by atoms with Gasteiger partial charge < -0.3 is 24.2 Å². The number of nitrogens with zero attached hydrogens (tertiary/aromatic N) is 2. The number of rotatable bonds is 7. The molecule has 2 heterocycles. The predicted molar refractivity (Wildman–Crippen MR) is 125 cm³/mol. The van der Waals surface area contributed by atoms with Gasteiger partial charge in [-0.15, -0.1) is 0 Å². The molecular weight excluding hydrogens is 436 g/mol. The number of benzene rings is 2. The summed E-state index contributed by atoms with van der Waals surface area (Å²) in [7, 11) is 4.54. The van der Waals surface area contributed by atoms with Crippen molar-refractivity contribution >= 4 is 17.4 Å². The quantitative estimate of drug-likeness (QED) is 0.326. The zero-order chi connectivity index (χ0) is 24.2. The summed E-state index contributed by atoms with van der Waals surface area (Å²) in [5.74, 6) is -0.275. The molecule has 1 fully saturated rings. The van der Waals surface area contributed by atoms with Crippen LogP contribution >= 0.6 is 0 Å². The van der Waals surface area contributed by atoms with E-state index in [0.717, 1.165) is 5.56 Å². The second-order valence-electron chi connectivity index (χ2n) is 7.62. The molecule has 8 heteroatoms. The normalized spacial score (nSPS) is 17.0. The number of aromatic nitrogens is 1. The van der Waals surface area contributed by atoms with E-state index in [1.165, 1.54) is 19.1 Å². The number of hydrogen-bond acceptors (Lipinski definition) is 7. The van der Waals surface area contributed by atoms with Gasteiger partial charge in [0.2, 0.25) is 0 Å². The number of pyridine rings is 1. The van der Waals surface area contributed by atoms with Crippen LogP contribution in [0.25, 0.3) is 5.76 Å². The maximum atomic E-state index is 13.2. The first-order valence-corrected chi connectivity index (χ1v) is 10.5. The summed E-state index contributed by atoms with van der Waals surface area (Å²) in [6, 6.07) is 14.7. The third-order valence-corrected chi connectivity index (χ3v) is 5.74. The average Bonchev–Trinajstić information content (AvgIpc) is 3.13. The third-order valence-electron chi connectivity index (χ3n) is 5.74.